The predicted molar refractivity (Wildman–Crippen MR) is 131 cm³/mol. The van der Waals surface area contributed by atoms with E-state index in [4.69, 9.17) is 11.3 Å². The molecular weight excluding hydrogens is 518 g/mol. The third kappa shape index (κ3) is 4.80. The van der Waals surface area contributed by atoms with Crippen LogP contribution in [0.5, 0.6) is 0 Å². The molecule has 0 aromatic carbocycles. The molecule has 0 spiro atoms. The predicted octanol–water partition coefficient (Wildman–Crippen LogP) is 6.80. The summed E-state index contributed by atoms with van der Waals surface area (Å²) < 4.78 is 6.58. The second-order valence-electron chi connectivity index (χ2n) is 7.06. The molecule has 0 radical (unpaired) electrons. The van der Waals surface area contributed by atoms with Gasteiger partial charge in [-0.25, -0.2) is 4.85 Å². The van der Waals surface area contributed by atoms with Gasteiger partial charge in [-0.05, 0) is 54.1 Å². The summed E-state index contributed by atoms with van der Waals surface area (Å²) in [7, 11) is 0. The first-order valence-corrected chi connectivity index (χ1v) is 11.7. The number of thiophene rings is 2. The van der Waals surface area contributed by atoms with Crippen LogP contribution in [-0.2, 0) is 4.74 Å². The quantitative estimate of drug-likeness (QED) is 0.319. The Morgan fingerprint density at radius 3 is 2.45 bits per heavy atom. The van der Waals surface area contributed by atoms with Crippen molar-refractivity contribution in [1.82, 2.24) is 0 Å². The Morgan fingerprint density at radius 1 is 1.12 bits per heavy atom. The highest BCUT2D eigenvalue weighted by Crippen LogP contribution is 2.41. The molecule has 6 nitrogen and oxygen atoms in total. The zero-order valence-corrected chi connectivity index (χ0v) is 20.5. The maximum absolute atomic E-state index is 9.63. The third-order valence-electron chi connectivity index (χ3n) is 4.60. The van der Waals surface area contributed by atoms with Gasteiger partial charge >= 0.3 is 0 Å². The largest absolute Gasteiger partial charge is 0.480 e. The van der Waals surface area contributed by atoms with Crippen LogP contribution in [0.25, 0.3) is 22.7 Å². The lowest BCUT2D eigenvalue weighted by molar-refractivity contribution is 0.0954. The lowest BCUT2D eigenvalue weighted by Crippen LogP contribution is -2.20. The highest BCUT2D eigenvalue weighted by Gasteiger charge is 2.38. The molecule has 2 aromatic heterocycles. The molecule has 2 aromatic rings. The Balaban J connectivity index is 1.98. The molecule has 33 heavy (non-hydrogen) atoms. The molecule has 3 heterocycles. The van der Waals surface area contributed by atoms with E-state index in [0.717, 1.165) is 13.5 Å². The second-order valence-corrected chi connectivity index (χ2v) is 10.6. The molecular formula is C24H12BrN5OS2. The average molecular weight is 530 g/mol. The number of hydrogen-bond acceptors (Lipinski definition) is 7. The molecule has 0 amide bonds. The fraction of sp³-hybridized carbons (Fsp3) is 0.125. The number of rotatable bonds is 4. The van der Waals surface area contributed by atoms with Crippen molar-refractivity contribution in [3.8, 4) is 24.3 Å². The van der Waals surface area contributed by atoms with Crippen LogP contribution in [0.15, 0.2) is 50.5 Å². The summed E-state index contributed by atoms with van der Waals surface area (Å²) in [6, 6.07) is 13.1. The van der Waals surface area contributed by atoms with E-state index in [0.29, 0.717) is 21.7 Å². The summed E-state index contributed by atoms with van der Waals surface area (Å²) in [5, 5.41) is 37.3. The van der Waals surface area contributed by atoms with Crippen LogP contribution >= 0.6 is 38.6 Å². The van der Waals surface area contributed by atoms with Crippen LogP contribution in [-0.4, -0.2) is 5.60 Å². The normalized spacial score (nSPS) is 14.7. The summed E-state index contributed by atoms with van der Waals surface area (Å²) >= 11 is 6.14. The first-order valence-electron chi connectivity index (χ1n) is 9.23. The maximum atomic E-state index is 9.63. The molecule has 1 aliphatic heterocycles. The molecule has 0 bridgehead atoms. The summed E-state index contributed by atoms with van der Waals surface area (Å²) in [6.45, 7) is 11.1. The van der Waals surface area contributed by atoms with Crippen molar-refractivity contribution < 1.29 is 4.74 Å². The standard InChI is InChI=1S/C24H12BrN5OS2/c1-24(2)18(17(13-29)23(31-24)15(11-27)12-28)6-4-16-5-7-20(32-16)19(30-3)9-21-14(10-26)8-22(25)33-21/h4-9H,1-2H3/b6-4+,19-9-. The van der Waals surface area contributed by atoms with Crippen LogP contribution < -0.4 is 0 Å². The van der Waals surface area contributed by atoms with Gasteiger partial charge in [-0.15, -0.1) is 22.7 Å². The Morgan fingerprint density at radius 2 is 1.85 bits per heavy atom. The maximum Gasteiger partial charge on any atom is 0.205 e. The Kier molecular flexibility index (Phi) is 6.98. The number of allylic oxidation sites excluding steroid dienone is 2. The van der Waals surface area contributed by atoms with Gasteiger partial charge in [-0.1, -0.05) is 12.1 Å². The van der Waals surface area contributed by atoms with Gasteiger partial charge in [-0.2, -0.15) is 21.0 Å². The molecule has 0 aliphatic carbocycles. The number of nitrogens with zero attached hydrogens (tertiary/aromatic N) is 5. The molecule has 0 N–H and O–H groups in total. The lowest BCUT2D eigenvalue weighted by atomic mass is 9.94. The van der Waals surface area contributed by atoms with Gasteiger partial charge in [0, 0.05) is 20.2 Å². The van der Waals surface area contributed by atoms with Crippen molar-refractivity contribution in [3.05, 3.63) is 82.2 Å². The van der Waals surface area contributed by atoms with Crippen molar-refractivity contribution in [2.24, 2.45) is 0 Å². The van der Waals surface area contributed by atoms with Gasteiger partial charge in [-0.3, -0.25) is 0 Å². The Labute approximate surface area is 207 Å². The van der Waals surface area contributed by atoms with Gasteiger partial charge < -0.3 is 4.74 Å². The second kappa shape index (κ2) is 9.70. The minimum atomic E-state index is -0.891. The van der Waals surface area contributed by atoms with Gasteiger partial charge in [0.05, 0.1) is 15.9 Å². The van der Waals surface area contributed by atoms with Crippen molar-refractivity contribution in [2.75, 3.05) is 0 Å². The van der Waals surface area contributed by atoms with E-state index >= 15 is 0 Å². The van der Waals surface area contributed by atoms with Crippen LogP contribution in [0.2, 0.25) is 0 Å². The number of hydrogen-bond donors (Lipinski definition) is 0. The van der Waals surface area contributed by atoms with Gasteiger partial charge in [0.2, 0.25) is 5.70 Å². The molecule has 0 atom stereocenters. The summed E-state index contributed by atoms with van der Waals surface area (Å²) in [5.41, 5.74) is 0.496. The molecule has 1 aliphatic rings. The number of nitriles is 4. The molecule has 158 valence electrons. The van der Waals surface area contributed by atoms with E-state index in [-0.39, 0.29) is 16.9 Å². The number of ether oxygens (including phenoxy) is 1. The highest BCUT2D eigenvalue weighted by atomic mass is 79.9. The Hall–Kier alpha value is -3.91. The topological polar surface area (TPSA) is 109 Å². The van der Waals surface area contributed by atoms with Gasteiger partial charge in [0.1, 0.15) is 35.5 Å². The average Bonchev–Trinajstić information content (AvgIpc) is 3.46. The monoisotopic (exact) mass is 529 g/mol. The van der Waals surface area contributed by atoms with Crippen molar-refractivity contribution in [1.29, 1.82) is 21.0 Å². The molecule has 0 saturated carbocycles. The summed E-state index contributed by atoms with van der Waals surface area (Å²) in [4.78, 5) is 5.91. The Bertz CT molecular complexity index is 1460. The van der Waals surface area contributed by atoms with Crippen molar-refractivity contribution in [3.63, 3.8) is 0 Å². The molecule has 0 saturated heterocycles. The van der Waals surface area contributed by atoms with E-state index in [9.17, 15) is 21.0 Å². The summed E-state index contributed by atoms with van der Waals surface area (Å²) in [5.74, 6) is -0.00681. The molecule has 9 heteroatoms. The van der Waals surface area contributed by atoms with Gasteiger partial charge in [0.15, 0.2) is 11.3 Å². The zero-order chi connectivity index (χ0) is 24.2. The SMILES string of the molecule is [C-]#[N+]/C(=C\c1sc(Br)cc1C#N)c1ccc(/C=C/C2=C(C#N)C(=C(C#N)C#N)OC2(C)C)s1. The molecule has 0 fully saturated rings. The molecule has 3 rings (SSSR count). The third-order valence-corrected chi connectivity index (χ3v) is 7.26. The highest BCUT2D eigenvalue weighted by molar-refractivity contribution is 9.11. The fourth-order valence-corrected chi connectivity index (χ4v) is 5.47. The van der Waals surface area contributed by atoms with E-state index in [1.54, 1.807) is 50.3 Å². The number of halogens is 1. The summed E-state index contributed by atoms with van der Waals surface area (Å²) in [6.07, 6.45) is 5.24. The first-order chi connectivity index (χ1) is 15.8. The molecule has 0 unspecified atom stereocenters. The smallest absolute Gasteiger partial charge is 0.205 e. The van der Waals surface area contributed by atoms with E-state index in [1.165, 1.54) is 22.7 Å². The minimum Gasteiger partial charge on any atom is -0.480 e. The minimum absolute atomic E-state index is 0.00681. The first kappa shape index (κ1) is 23.7. The van der Waals surface area contributed by atoms with Crippen LogP contribution in [0, 0.1) is 51.9 Å². The van der Waals surface area contributed by atoms with Crippen LogP contribution in [0.3, 0.4) is 0 Å². The van der Waals surface area contributed by atoms with Crippen molar-refractivity contribution >= 4 is 56.5 Å². The van der Waals surface area contributed by atoms with E-state index in [1.807, 2.05) is 18.2 Å². The van der Waals surface area contributed by atoms with Crippen LogP contribution in [0.4, 0.5) is 0 Å². The van der Waals surface area contributed by atoms with Crippen LogP contribution in [0.1, 0.15) is 34.0 Å². The lowest BCUT2D eigenvalue weighted by Gasteiger charge is -2.20. The van der Waals surface area contributed by atoms with E-state index in [2.05, 4.69) is 26.8 Å². The van der Waals surface area contributed by atoms with Gasteiger partial charge in [0.25, 0.3) is 0 Å². The van der Waals surface area contributed by atoms with Crippen molar-refractivity contribution in [2.45, 2.75) is 19.4 Å². The van der Waals surface area contributed by atoms with E-state index < -0.39 is 5.60 Å². The fourth-order valence-electron chi connectivity index (χ4n) is 3.08. The zero-order valence-electron chi connectivity index (χ0n) is 17.3.